The number of aliphatic hydroxyl groups excluding tert-OH is 1. The molecule has 0 aromatic heterocycles. The smallest absolute Gasteiger partial charge is 0.404 e. The molecule has 1 aromatic rings. The van der Waals surface area contributed by atoms with Crippen molar-refractivity contribution in [2.75, 3.05) is 40.6 Å². The number of carbonyl (C=O) groups is 3. The number of nitrogens with two attached hydrogens (primary N) is 2. The van der Waals surface area contributed by atoms with E-state index in [2.05, 4.69) is 5.32 Å². The van der Waals surface area contributed by atoms with Crippen LogP contribution in [0.3, 0.4) is 0 Å². The predicted molar refractivity (Wildman–Crippen MR) is 161 cm³/mol. The first-order valence-corrected chi connectivity index (χ1v) is 14.7. The molecule has 0 fully saturated rings. The lowest BCUT2D eigenvalue weighted by atomic mass is 9.82. The molecule has 240 valence electrons. The van der Waals surface area contributed by atoms with Gasteiger partial charge in [-0.05, 0) is 75.0 Å². The molecule has 0 aliphatic rings. The number of ether oxygens (including phenoxy) is 4. The van der Waals surface area contributed by atoms with Crippen LogP contribution >= 0.6 is 0 Å². The Morgan fingerprint density at radius 3 is 2.29 bits per heavy atom. The first-order valence-electron chi connectivity index (χ1n) is 14.7. The molecule has 0 aliphatic heterocycles. The lowest BCUT2D eigenvalue weighted by Gasteiger charge is -2.28. The summed E-state index contributed by atoms with van der Waals surface area (Å²) in [6.45, 7) is 10.6. The van der Waals surface area contributed by atoms with E-state index in [1.807, 2.05) is 39.0 Å². The Morgan fingerprint density at radius 1 is 1.02 bits per heavy atom. The molecule has 0 radical (unpaired) electrons. The molecule has 0 aliphatic carbocycles. The van der Waals surface area contributed by atoms with Crippen LogP contribution in [-0.2, 0) is 25.5 Å². The van der Waals surface area contributed by atoms with Crippen molar-refractivity contribution in [2.45, 2.75) is 72.8 Å². The molecule has 11 heteroatoms. The topological polar surface area (TPSA) is 172 Å². The summed E-state index contributed by atoms with van der Waals surface area (Å²) in [5.74, 6) is 0.102. The van der Waals surface area contributed by atoms with Crippen LogP contribution in [0.4, 0.5) is 4.79 Å². The van der Waals surface area contributed by atoms with Crippen molar-refractivity contribution in [3.8, 4) is 11.5 Å². The second kappa shape index (κ2) is 18.5. The molecule has 4 atom stereocenters. The Hall–Kier alpha value is -3.05. The van der Waals surface area contributed by atoms with Crippen LogP contribution in [0.15, 0.2) is 18.2 Å². The summed E-state index contributed by atoms with van der Waals surface area (Å²) in [7, 11) is 3.24. The molecule has 42 heavy (non-hydrogen) atoms. The fraction of sp³-hybridized carbons (Fsp3) is 0.710. The van der Waals surface area contributed by atoms with E-state index in [9.17, 15) is 19.5 Å². The standard InChI is InChI=1S/C31H53N3O8/c1-20(2)25(28(36)34-19-31(4,5)29(32)37)17-24(35)11-10-23(21(3)18-42-30(33)38)15-22-9-12-26(40-7)27(16-22)41-14-8-13-39-6/h9,12,16,20-21,23-25,35H,8,10-11,13-15,17-19H2,1-7H3,(H2,32,37)(H2,33,38)(H,34,36)/t21-,23+,24+,25+/m1/s1. The summed E-state index contributed by atoms with van der Waals surface area (Å²) in [4.78, 5) is 35.9. The maximum atomic E-state index is 13.0. The average molecular weight is 596 g/mol. The first kappa shape index (κ1) is 37.0. The van der Waals surface area contributed by atoms with Gasteiger partial charge < -0.3 is 40.8 Å². The Morgan fingerprint density at radius 2 is 1.71 bits per heavy atom. The largest absolute Gasteiger partial charge is 0.493 e. The van der Waals surface area contributed by atoms with Crippen molar-refractivity contribution >= 4 is 17.9 Å². The van der Waals surface area contributed by atoms with Crippen LogP contribution in [-0.4, -0.2) is 69.7 Å². The molecule has 3 amide bonds. The number of rotatable bonds is 21. The number of amides is 3. The summed E-state index contributed by atoms with van der Waals surface area (Å²) in [5.41, 5.74) is 10.8. The first-order chi connectivity index (χ1) is 19.7. The number of carbonyl (C=O) groups excluding carboxylic acids is 3. The SMILES string of the molecule is COCCCOc1cc(C[C@H](CC[C@H](O)C[C@H](C(=O)NCC(C)(C)C(N)=O)C(C)C)[C@H](C)COC(N)=O)ccc1OC. The van der Waals surface area contributed by atoms with E-state index in [4.69, 9.17) is 30.4 Å². The van der Waals surface area contributed by atoms with E-state index >= 15 is 0 Å². The van der Waals surface area contributed by atoms with Crippen LogP contribution in [0, 0.1) is 29.1 Å². The molecule has 0 saturated heterocycles. The number of aliphatic hydroxyl groups is 1. The Kier molecular flexibility index (Phi) is 16.3. The molecular formula is C31H53N3O8. The van der Waals surface area contributed by atoms with Gasteiger partial charge in [-0.1, -0.05) is 26.8 Å². The Labute approximate surface area is 251 Å². The highest BCUT2D eigenvalue weighted by atomic mass is 16.5. The van der Waals surface area contributed by atoms with E-state index in [0.29, 0.717) is 44.0 Å². The molecule has 0 unspecified atom stereocenters. The summed E-state index contributed by atoms with van der Waals surface area (Å²) < 4.78 is 21.6. The van der Waals surface area contributed by atoms with Crippen LogP contribution in [0.1, 0.15) is 65.9 Å². The van der Waals surface area contributed by atoms with Gasteiger partial charge in [0.15, 0.2) is 11.5 Å². The number of hydrogen-bond acceptors (Lipinski definition) is 8. The van der Waals surface area contributed by atoms with Crippen LogP contribution in [0.2, 0.25) is 0 Å². The fourth-order valence-electron chi connectivity index (χ4n) is 4.61. The maximum absolute atomic E-state index is 13.0. The summed E-state index contributed by atoms with van der Waals surface area (Å²) in [6, 6.07) is 5.78. The van der Waals surface area contributed by atoms with Gasteiger partial charge in [-0.25, -0.2) is 4.79 Å². The molecule has 0 saturated carbocycles. The minimum absolute atomic E-state index is 0.0170. The average Bonchev–Trinajstić information content (AvgIpc) is 2.93. The minimum Gasteiger partial charge on any atom is -0.493 e. The summed E-state index contributed by atoms with van der Waals surface area (Å²) in [6.07, 6.45) is 1.18. The number of methoxy groups -OCH3 is 2. The fourth-order valence-corrected chi connectivity index (χ4v) is 4.61. The molecule has 0 heterocycles. The quantitative estimate of drug-likeness (QED) is 0.157. The third-order valence-electron chi connectivity index (χ3n) is 7.68. The third kappa shape index (κ3) is 13.3. The zero-order valence-corrected chi connectivity index (χ0v) is 26.4. The molecule has 11 nitrogen and oxygen atoms in total. The second-order valence-corrected chi connectivity index (χ2v) is 12.0. The van der Waals surface area contributed by atoms with Gasteiger partial charge in [0.1, 0.15) is 0 Å². The van der Waals surface area contributed by atoms with Gasteiger partial charge in [0.05, 0.1) is 31.8 Å². The number of nitrogens with one attached hydrogen (secondary N) is 1. The van der Waals surface area contributed by atoms with E-state index in [1.165, 1.54) is 0 Å². The number of hydrogen-bond donors (Lipinski definition) is 4. The number of primary amides is 2. The normalized spacial score (nSPS) is 14.5. The zero-order valence-electron chi connectivity index (χ0n) is 26.4. The van der Waals surface area contributed by atoms with Crippen molar-refractivity contribution in [3.63, 3.8) is 0 Å². The van der Waals surface area contributed by atoms with Gasteiger partial charge in [0.25, 0.3) is 0 Å². The van der Waals surface area contributed by atoms with Crippen molar-refractivity contribution in [3.05, 3.63) is 23.8 Å². The predicted octanol–water partition coefficient (Wildman–Crippen LogP) is 3.43. The van der Waals surface area contributed by atoms with Crippen molar-refractivity contribution in [1.82, 2.24) is 5.32 Å². The molecule has 1 aromatic carbocycles. The van der Waals surface area contributed by atoms with Gasteiger partial charge in [-0.15, -0.1) is 0 Å². The van der Waals surface area contributed by atoms with Gasteiger partial charge in [-0.2, -0.15) is 0 Å². The zero-order chi connectivity index (χ0) is 31.9. The van der Waals surface area contributed by atoms with Gasteiger partial charge >= 0.3 is 6.09 Å². The summed E-state index contributed by atoms with van der Waals surface area (Å²) in [5, 5.41) is 13.8. The summed E-state index contributed by atoms with van der Waals surface area (Å²) >= 11 is 0. The van der Waals surface area contributed by atoms with Crippen LogP contribution < -0.4 is 26.3 Å². The lowest BCUT2D eigenvalue weighted by Crippen LogP contribution is -2.45. The Bertz CT molecular complexity index is 985. The maximum Gasteiger partial charge on any atom is 0.404 e. The monoisotopic (exact) mass is 595 g/mol. The highest BCUT2D eigenvalue weighted by Gasteiger charge is 2.30. The minimum atomic E-state index is -0.873. The van der Waals surface area contributed by atoms with Gasteiger partial charge in [-0.3, -0.25) is 9.59 Å². The molecule has 0 bridgehead atoms. The van der Waals surface area contributed by atoms with Crippen molar-refractivity contribution < 1.29 is 38.4 Å². The van der Waals surface area contributed by atoms with E-state index in [1.54, 1.807) is 28.1 Å². The Balaban J connectivity index is 2.96. The molecule has 0 spiro atoms. The van der Waals surface area contributed by atoms with Crippen LogP contribution in [0.5, 0.6) is 11.5 Å². The molecule has 6 N–H and O–H groups in total. The third-order valence-corrected chi connectivity index (χ3v) is 7.68. The number of benzene rings is 1. The van der Waals surface area contributed by atoms with Crippen molar-refractivity contribution in [2.24, 2.45) is 40.6 Å². The molecule has 1 rings (SSSR count). The lowest BCUT2D eigenvalue weighted by molar-refractivity contribution is -0.130. The second-order valence-electron chi connectivity index (χ2n) is 12.0. The van der Waals surface area contributed by atoms with Gasteiger partial charge in [0.2, 0.25) is 11.8 Å². The van der Waals surface area contributed by atoms with Gasteiger partial charge in [0, 0.05) is 32.6 Å². The highest BCUT2D eigenvalue weighted by molar-refractivity contribution is 5.83. The van der Waals surface area contributed by atoms with E-state index in [-0.39, 0.29) is 43.2 Å². The van der Waals surface area contributed by atoms with Crippen molar-refractivity contribution in [1.29, 1.82) is 0 Å². The highest BCUT2D eigenvalue weighted by Crippen LogP contribution is 2.32. The van der Waals surface area contributed by atoms with E-state index in [0.717, 1.165) is 12.0 Å². The van der Waals surface area contributed by atoms with Crippen LogP contribution in [0.25, 0.3) is 0 Å². The van der Waals surface area contributed by atoms with E-state index < -0.39 is 29.4 Å². The molecular weight excluding hydrogens is 542 g/mol.